The standard InChI is InChI=1S/C16H16ClN/c1-2-3-4-11-5-7-15-13(9-11)14-10-12(17)6-8-16(14)18-15/h5-10,18H,2-4H2,1H3. The van der Waals surface area contributed by atoms with Crippen molar-refractivity contribution in [2.75, 3.05) is 0 Å². The predicted octanol–water partition coefficient (Wildman–Crippen LogP) is 5.32. The van der Waals surface area contributed by atoms with Crippen LogP contribution in [0.2, 0.25) is 5.02 Å². The van der Waals surface area contributed by atoms with Crippen LogP contribution in [0.1, 0.15) is 25.3 Å². The van der Waals surface area contributed by atoms with Crippen LogP contribution < -0.4 is 0 Å². The Kier molecular flexibility index (Phi) is 3.00. The lowest BCUT2D eigenvalue weighted by atomic mass is 10.0. The van der Waals surface area contributed by atoms with Gasteiger partial charge in [0.05, 0.1) is 0 Å². The Hall–Kier alpha value is -1.47. The molecule has 0 saturated heterocycles. The van der Waals surface area contributed by atoms with Gasteiger partial charge in [-0.1, -0.05) is 31.0 Å². The SMILES string of the molecule is CCCCc1ccc2[nH]c3ccc(Cl)cc3c2c1. The summed E-state index contributed by atoms with van der Waals surface area (Å²) in [5.41, 5.74) is 3.75. The minimum absolute atomic E-state index is 0.794. The number of H-pyrrole nitrogens is 1. The number of halogens is 1. The van der Waals surface area contributed by atoms with Crippen LogP contribution in [0.25, 0.3) is 21.8 Å². The molecule has 0 aliphatic heterocycles. The van der Waals surface area contributed by atoms with E-state index in [0.29, 0.717) is 0 Å². The van der Waals surface area contributed by atoms with Gasteiger partial charge in [-0.2, -0.15) is 0 Å². The summed E-state index contributed by atoms with van der Waals surface area (Å²) in [6.45, 7) is 2.23. The van der Waals surface area contributed by atoms with Gasteiger partial charge in [0, 0.05) is 26.8 Å². The highest BCUT2D eigenvalue weighted by Gasteiger charge is 2.05. The highest BCUT2D eigenvalue weighted by atomic mass is 35.5. The highest BCUT2D eigenvalue weighted by Crippen LogP contribution is 2.28. The van der Waals surface area contributed by atoms with E-state index in [2.05, 4.69) is 30.1 Å². The first-order valence-corrected chi connectivity index (χ1v) is 6.85. The fourth-order valence-electron chi connectivity index (χ4n) is 2.45. The summed E-state index contributed by atoms with van der Waals surface area (Å²) in [7, 11) is 0. The van der Waals surface area contributed by atoms with E-state index in [0.717, 1.165) is 17.0 Å². The van der Waals surface area contributed by atoms with Crippen molar-refractivity contribution in [1.29, 1.82) is 0 Å². The molecule has 0 aliphatic carbocycles. The maximum atomic E-state index is 6.09. The minimum Gasteiger partial charge on any atom is -0.355 e. The molecule has 2 heteroatoms. The lowest BCUT2D eigenvalue weighted by Crippen LogP contribution is -1.83. The van der Waals surface area contributed by atoms with Crippen LogP contribution in [-0.2, 0) is 6.42 Å². The predicted molar refractivity (Wildman–Crippen MR) is 79.4 cm³/mol. The zero-order valence-electron chi connectivity index (χ0n) is 10.5. The van der Waals surface area contributed by atoms with E-state index in [9.17, 15) is 0 Å². The second kappa shape index (κ2) is 4.66. The summed E-state index contributed by atoms with van der Waals surface area (Å²) in [5.74, 6) is 0. The molecule has 1 aromatic heterocycles. The number of nitrogens with one attached hydrogen (secondary N) is 1. The smallest absolute Gasteiger partial charge is 0.0465 e. The molecule has 1 heterocycles. The average Bonchev–Trinajstić information content (AvgIpc) is 2.74. The van der Waals surface area contributed by atoms with E-state index in [1.165, 1.54) is 34.7 Å². The summed E-state index contributed by atoms with van der Waals surface area (Å²) >= 11 is 6.09. The molecule has 0 amide bonds. The van der Waals surface area contributed by atoms with E-state index >= 15 is 0 Å². The van der Waals surface area contributed by atoms with Gasteiger partial charge >= 0.3 is 0 Å². The molecule has 1 nitrogen and oxygen atoms in total. The lowest BCUT2D eigenvalue weighted by Gasteiger charge is -2.00. The van der Waals surface area contributed by atoms with Gasteiger partial charge in [-0.3, -0.25) is 0 Å². The van der Waals surface area contributed by atoms with Gasteiger partial charge in [0.2, 0.25) is 0 Å². The Morgan fingerprint density at radius 1 is 1.00 bits per heavy atom. The average molecular weight is 258 g/mol. The molecule has 0 bridgehead atoms. The summed E-state index contributed by atoms with van der Waals surface area (Å²) in [5, 5.41) is 3.29. The van der Waals surface area contributed by atoms with Crippen molar-refractivity contribution < 1.29 is 0 Å². The van der Waals surface area contributed by atoms with Crippen molar-refractivity contribution in [3.05, 3.63) is 47.0 Å². The molecule has 18 heavy (non-hydrogen) atoms. The summed E-state index contributed by atoms with van der Waals surface area (Å²) in [6, 6.07) is 12.7. The van der Waals surface area contributed by atoms with Crippen LogP contribution in [0.4, 0.5) is 0 Å². The zero-order chi connectivity index (χ0) is 12.5. The normalized spacial score (nSPS) is 11.4. The van der Waals surface area contributed by atoms with E-state index in [1.807, 2.05) is 18.2 Å². The quantitative estimate of drug-likeness (QED) is 0.654. The van der Waals surface area contributed by atoms with Crippen LogP contribution in [0.3, 0.4) is 0 Å². The van der Waals surface area contributed by atoms with Gasteiger partial charge in [0.15, 0.2) is 0 Å². The van der Waals surface area contributed by atoms with Gasteiger partial charge < -0.3 is 4.98 Å². The second-order valence-corrected chi connectivity index (χ2v) is 5.23. The highest BCUT2D eigenvalue weighted by molar-refractivity contribution is 6.31. The van der Waals surface area contributed by atoms with Gasteiger partial charge in [-0.25, -0.2) is 0 Å². The summed E-state index contributed by atoms with van der Waals surface area (Å²) < 4.78 is 0. The number of fused-ring (bicyclic) bond motifs is 3. The number of hydrogen-bond donors (Lipinski definition) is 1. The topological polar surface area (TPSA) is 15.8 Å². The Labute approximate surface area is 112 Å². The molecule has 0 aliphatic rings. The number of rotatable bonds is 3. The Morgan fingerprint density at radius 3 is 2.50 bits per heavy atom. The molecule has 0 radical (unpaired) electrons. The number of hydrogen-bond acceptors (Lipinski definition) is 0. The van der Waals surface area contributed by atoms with Crippen LogP contribution in [0.15, 0.2) is 36.4 Å². The number of aromatic amines is 1. The summed E-state index contributed by atoms with van der Waals surface area (Å²) in [6.07, 6.45) is 3.63. The molecule has 0 saturated carbocycles. The van der Waals surface area contributed by atoms with Gasteiger partial charge in [-0.05, 0) is 48.7 Å². The number of unbranched alkanes of at least 4 members (excludes halogenated alkanes) is 1. The van der Waals surface area contributed by atoms with Crippen molar-refractivity contribution in [1.82, 2.24) is 4.98 Å². The lowest BCUT2D eigenvalue weighted by molar-refractivity contribution is 0.796. The maximum absolute atomic E-state index is 6.09. The first-order chi connectivity index (χ1) is 8.78. The van der Waals surface area contributed by atoms with Crippen LogP contribution >= 0.6 is 11.6 Å². The third-order valence-corrected chi connectivity index (χ3v) is 3.68. The molecule has 2 aromatic carbocycles. The van der Waals surface area contributed by atoms with E-state index in [1.54, 1.807) is 0 Å². The fraction of sp³-hybridized carbons (Fsp3) is 0.250. The van der Waals surface area contributed by atoms with E-state index in [4.69, 9.17) is 11.6 Å². The molecule has 0 fully saturated rings. The summed E-state index contributed by atoms with van der Waals surface area (Å²) in [4.78, 5) is 3.43. The minimum atomic E-state index is 0.794. The first-order valence-electron chi connectivity index (χ1n) is 6.48. The van der Waals surface area contributed by atoms with Crippen molar-refractivity contribution in [3.63, 3.8) is 0 Å². The van der Waals surface area contributed by atoms with E-state index in [-0.39, 0.29) is 0 Å². The molecular weight excluding hydrogens is 242 g/mol. The van der Waals surface area contributed by atoms with Crippen molar-refractivity contribution in [3.8, 4) is 0 Å². The van der Waals surface area contributed by atoms with Crippen LogP contribution in [0.5, 0.6) is 0 Å². The number of aryl methyl sites for hydroxylation is 1. The monoisotopic (exact) mass is 257 g/mol. The second-order valence-electron chi connectivity index (χ2n) is 4.80. The Morgan fingerprint density at radius 2 is 1.72 bits per heavy atom. The van der Waals surface area contributed by atoms with Crippen LogP contribution in [0, 0.1) is 0 Å². The van der Waals surface area contributed by atoms with Crippen molar-refractivity contribution >= 4 is 33.4 Å². The molecule has 0 atom stereocenters. The van der Waals surface area contributed by atoms with Gasteiger partial charge in [-0.15, -0.1) is 0 Å². The molecule has 3 aromatic rings. The van der Waals surface area contributed by atoms with E-state index < -0.39 is 0 Å². The molecule has 0 spiro atoms. The molecule has 1 N–H and O–H groups in total. The molecule has 0 unspecified atom stereocenters. The fourth-order valence-corrected chi connectivity index (χ4v) is 2.63. The molecular formula is C16H16ClN. The van der Waals surface area contributed by atoms with Crippen molar-refractivity contribution in [2.24, 2.45) is 0 Å². The largest absolute Gasteiger partial charge is 0.355 e. The van der Waals surface area contributed by atoms with Crippen LogP contribution in [-0.4, -0.2) is 4.98 Å². The van der Waals surface area contributed by atoms with Gasteiger partial charge in [0.1, 0.15) is 0 Å². The van der Waals surface area contributed by atoms with Gasteiger partial charge in [0.25, 0.3) is 0 Å². The molecule has 3 rings (SSSR count). The molecule has 92 valence electrons. The number of benzene rings is 2. The zero-order valence-corrected chi connectivity index (χ0v) is 11.2. The Bertz CT molecular complexity index is 697. The number of aromatic nitrogens is 1. The third kappa shape index (κ3) is 1.99. The van der Waals surface area contributed by atoms with Crippen molar-refractivity contribution in [2.45, 2.75) is 26.2 Å². The Balaban J connectivity index is 2.18. The first kappa shape index (κ1) is 11.6. The third-order valence-electron chi connectivity index (χ3n) is 3.44. The maximum Gasteiger partial charge on any atom is 0.0465 e.